The number of nitrogens with zero attached hydrogens (tertiary/aromatic N) is 1. The van der Waals surface area contributed by atoms with Crippen LogP contribution in [0.1, 0.15) is 12.3 Å². The second kappa shape index (κ2) is 10.1. The van der Waals surface area contributed by atoms with Crippen LogP contribution in [0.15, 0.2) is 55.8 Å². The van der Waals surface area contributed by atoms with Gasteiger partial charge < -0.3 is 14.5 Å². The number of rotatable bonds is 8. The largest absolute Gasteiger partial charge is 0.456 e. The molecule has 1 N–H and O–H groups in total. The van der Waals surface area contributed by atoms with E-state index in [0.29, 0.717) is 22.7 Å². The van der Waals surface area contributed by atoms with Crippen molar-refractivity contribution in [2.75, 3.05) is 16.8 Å². The van der Waals surface area contributed by atoms with Crippen LogP contribution in [0.3, 0.4) is 0 Å². The van der Waals surface area contributed by atoms with Crippen molar-refractivity contribution < 1.29 is 18.7 Å². The summed E-state index contributed by atoms with van der Waals surface area (Å²) >= 11 is 8.08. The highest BCUT2D eigenvalue weighted by Crippen LogP contribution is 2.21. The van der Waals surface area contributed by atoms with Gasteiger partial charge in [0.05, 0.1) is 12.2 Å². The number of nitrogens with one attached hydrogen (secondary N) is 1. The molecule has 0 saturated heterocycles. The molecule has 3 aromatic rings. The van der Waals surface area contributed by atoms with Gasteiger partial charge in [0.2, 0.25) is 11.8 Å². The lowest BCUT2D eigenvalue weighted by Gasteiger charge is -2.05. The number of amides is 1. The van der Waals surface area contributed by atoms with Gasteiger partial charge in [-0.3, -0.25) is 9.59 Å². The summed E-state index contributed by atoms with van der Waals surface area (Å²) in [5.74, 6) is 0.641. The van der Waals surface area contributed by atoms with Crippen molar-refractivity contribution in [3.63, 3.8) is 0 Å². The summed E-state index contributed by atoms with van der Waals surface area (Å²) in [7, 11) is 0. The third-order valence-corrected chi connectivity index (χ3v) is 5.54. The van der Waals surface area contributed by atoms with E-state index in [4.69, 9.17) is 9.15 Å². The van der Waals surface area contributed by atoms with Gasteiger partial charge in [-0.15, -0.1) is 0 Å². The molecule has 2 aromatic carbocycles. The van der Waals surface area contributed by atoms with Gasteiger partial charge in [-0.05, 0) is 42.5 Å². The average molecular weight is 528 g/mol. The van der Waals surface area contributed by atoms with E-state index in [1.165, 1.54) is 11.8 Å². The summed E-state index contributed by atoms with van der Waals surface area (Å²) in [5.41, 5.74) is 2.08. The fraction of sp³-hybridized carbons (Fsp3) is 0.211. The normalized spacial score (nSPS) is 10.8. The Balaban J connectivity index is 1.33. The minimum absolute atomic E-state index is 0.0140. The number of esters is 1. The van der Waals surface area contributed by atoms with Gasteiger partial charge in [-0.2, -0.15) is 11.8 Å². The summed E-state index contributed by atoms with van der Waals surface area (Å²) < 4.78 is 12.6. The van der Waals surface area contributed by atoms with Gasteiger partial charge in [-0.1, -0.05) is 31.9 Å². The number of anilines is 1. The van der Waals surface area contributed by atoms with Gasteiger partial charge in [0.25, 0.3) is 0 Å². The summed E-state index contributed by atoms with van der Waals surface area (Å²) in [6.07, 6.45) is 0.210. The Morgan fingerprint density at radius 3 is 2.64 bits per heavy atom. The highest BCUT2D eigenvalue weighted by molar-refractivity contribution is 9.10. The minimum Gasteiger partial charge on any atom is -0.456 e. The maximum atomic E-state index is 11.9. The summed E-state index contributed by atoms with van der Waals surface area (Å²) in [5, 5.41) is 2.80. The number of carbonyl (C=O) groups is 2. The van der Waals surface area contributed by atoms with Crippen LogP contribution >= 0.6 is 43.6 Å². The van der Waals surface area contributed by atoms with Gasteiger partial charge in [0.15, 0.2) is 12.2 Å². The monoisotopic (exact) mass is 526 g/mol. The predicted octanol–water partition coefficient (Wildman–Crippen LogP) is 5.16. The van der Waals surface area contributed by atoms with Crippen molar-refractivity contribution >= 4 is 72.3 Å². The molecule has 9 heteroatoms. The second-order valence-corrected chi connectivity index (χ2v) is 8.67. The predicted molar refractivity (Wildman–Crippen MR) is 116 cm³/mol. The number of aromatic nitrogens is 1. The molecule has 0 atom stereocenters. The number of thioether (sulfide) groups is 1. The molecule has 0 fully saturated rings. The van der Waals surface area contributed by atoms with Crippen LogP contribution < -0.4 is 5.32 Å². The van der Waals surface area contributed by atoms with Crippen molar-refractivity contribution in [2.45, 2.75) is 13.0 Å². The maximum Gasteiger partial charge on any atom is 0.307 e. The topological polar surface area (TPSA) is 81.4 Å². The van der Waals surface area contributed by atoms with Gasteiger partial charge in [-0.25, -0.2) is 4.98 Å². The lowest BCUT2D eigenvalue weighted by atomic mass is 10.3. The number of ether oxygens (including phenoxy) is 1. The third kappa shape index (κ3) is 6.35. The van der Waals surface area contributed by atoms with Crippen LogP contribution in [0.5, 0.6) is 0 Å². The summed E-state index contributed by atoms with van der Waals surface area (Å²) in [4.78, 5) is 28.0. The number of hydrogen-bond acceptors (Lipinski definition) is 6. The van der Waals surface area contributed by atoms with Crippen molar-refractivity contribution in [2.24, 2.45) is 0 Å². The first-order chi connectivity index (χ1) is 13.5. The first kappa shape index (κ1) is 20.9. The molecule has 0 aliphatic rings. The van der Waals surface area contributed by atoms with Gasteiger partial charge in [0, 0.05) is 20.4 Å². The van der Waals surface area contributed by atoms with Crippen molar-refractivity contribution in [1.29, 1.82) is 0 Å². The Kier molecular flexibility index (Phi) is 7.52. The van der Waals surface area contributed by atoms with E-state index in [1.807, 2.05) is 42.5 Å². The molecule has 3 rings (SSSR count). The smallest absolute Gasteiger partial charge is 0.307 e. The number of fused-ring (bicyclic) bond motifs is 1. The molecule has 28 heavy (non-hydrogen) atoms. The van der Waals surface area contributed by atoms with Crippen LogP contribution in [-0.2, 0) is 20.9 Å². The molecule has 0 aliphatic heterocycles. The Hall–Kier alpha value is -1.84. The van der Waals surface area contributed by atoms with Crippen LogP contribution in [0.25, 0.3) is 11.1 Å². The molecule has 146 valence electrons. The second-order valence-electron chi connectivity index (χ2n) is 5.74. The quantitative estimate of drug-likeness (QED) is 0.322. The van der Waals surface area contributed by atoms with Crippen molar-refractivity contribution in [3.8, 4) is 0 Å². The van der Waals surface area contributed by atoms with Crippen LogP contribution in [0, 0.1) is 0 Å². The Morgan fingerprint density at radius 1 is 1.11 bits per heavy atom. The third-order valence-electron chi connectivity index (χ3n) is 3.56. The zero-order valence-corrected chi connectivity index (χ0v) is 18.6. The van der Waals surface area contributed by atoms with Gasteiger partial charge >= 0.3 is 5.97 Å². The molecule has 1 heterocycles. The number of oxazole rings is 1. The molecule has 0 unspecified atom stereocenters. The lowest BCUT2D eigenvalue weighted by molar-refractivity contribution is -0.145. The average Bonchev–Trinajstić information content (AvgIpc) is 3.07. The molecule has 0 aliphatic carbocycles. The van der Waals surface area contributed by atoms with E-state index in [9.17, 15) is 9.59 Å². The van der Waals surface area contributed by atoms with Crippen molar-refractivity contribution in [3.05, 3.63) is 57.3 Å². The molecule has 1 amide bonds. The van der Waals surface area contributed by atoms with E-state index < -0.39 is 0 Å². The minimum atomic E-state index is -0.357. The van der Waals surface area contributed by atoms with Crippen LogP contribution in [-0.4, -0.2) is 28.4 Å². The fourth-order valence-electron chi connectivity index (χ4n) is 2.27. The number of hydrogen-bond donors (Lipinski definition) is 1. The van der Waals surface area contributed by atoms with Crippen LogP contribution in [0.2, 0.25) is 0 Å². The zero-order valence-electron chi connectivity index (χ0n) is 14.6. The first-order valence-electron chi connectivity index (χ1n) is 8.33. The standard InChI is InChI=1S/C19H16Br2N2O4S/c20-12-1-4-14(5-2-12)22-17(24)11-28-8-7-19(25)26-10-18-23-15-6-3-13(21)9-16(15)27-18/h1-6,9H,7-8,10-11H2,(H,22,24). The first-order valence-corrected chi connectivity index (χ1v) is 11.1. The fourth-order valence-corrected chi connectivity index (χ4v) is 3.59. The Bertz CT molecular complexity index is 976. The Morgan fingerprint density at radius 2 is 1.86 bits per heavy atom. The van der Waals surface area contributed by atoms with E-state index in [1.54, 1.807) is 0 Å². The number of halogens is 2. The molecule has 0 spiro atoms. The highest BCUT2D eigenvalue weighted by atomic mass is 79.9. The van der Waals surface area contributed by atoms with Gasteiger partial charge in [0.1, 0.15) is 5.52 Å². The highest BCUT2D eigenvalue weighted by Gasteiger charge is 2.10. The van der Waals surface area contributed by atoms with E-state index >= 15 is 0 Å². The number of benzene rings is 2. The van der Waals surface area contributed by atoms with E-state index in [-0.39, 0.29) is 30.7 Å². The molecule has 0 bridgehead atoms. The SMILES string of the molecule is O=C(CSCCC(=O)OCc1nc2ccc(Br)cc2o1)Nc1ccc(Br)cc1. The Labute approximate surface area is 182 Å². The molecular weight excluding hydrogens is 512 g/mol. The molecule has 0 saturated carbocycles. The molecule has 1 aromatic heterocycles. The van der Waals surface area contributed by atoms with E-state index in [2.05, 4.69) is 42.2 Å². The van der Waals surface area contributed by atoms with E-state index in [0.717, 1.165) is 14.6 Å². The zero-order chi connectivity index (χ0) is 19.9. The molecular formula is C19H16Br2N2O4S. The summed E-state index contributed by atoms with van der Waals surface area (Å²) in [6.45, 7) is -0.0140. The molecule has 6 nitrogen and oxygen atoms in total. The summed E-state index contributed by atoms with van der Waals surface area (Å²) in [6, 6.07) is 12.8. The molecule has 0 radical (unpaired) electrons. The number of carbonyl (C=O) groups excluding carboxylic acids is 2. The van der Waals surface area contributed by atoms with Crippen molar-refractivity contribution in [1.82, 2.24) is 4.98 Å². The van der Waals surface area contributed by atoms with Crippen LogP contribution in [0.4, 0.5) is 5.69 Å². The lowest BCUT2D eigenvalue weighted by Crippen LogP contribution is -2.14. The maximum absolute atomic E-state index is 11.9.